The highest BCUT2D eigenvalue weighted by Gasteiger charge is 2.12. The van der Waals surface area contributed by atoms with Crippen molar-refractivity contribution < 1.29 is 19.0 Å². The highest BCUT2D eigenvalue weighted by Crippen LogP contribution is 2.31. The Bertz CT molecular complexity index is 1010. The third-order valence-electron chi connectivity index (χ3n) is 4.52. The molecule has 0 atom stereocenters. The van der Waals surface area contributed by atoms with Crippen molar-refractivity contribution in [2.45, 2.75) is 20.1 Å². The van der Waals surface area contributed by atoms with Crippen LogP contribution in [0.15, 0.2) is 73.3 Å². The lowest BCUT2D eigenvalue weighted by Gasteiger charge is -2.14. The number of hydrogen-bond donors (Lipinski definition) is 1. The molecule has 142 valence electrons. The molecule has 0 unspecified atom stereocenters. The van der Waals surface area contributed by atoms with Crippen molar-refractivity contribution >= 4 is 5.97 Å². The zero-order valence-electron chi connectivity index (χ0n) is 15.6. The van der Waals surface area contributed by atoms with E-state index in [9.17, 15) is 14.3 Å². The maximum Gasteiger partial charge on any atom is 0.330 e. The van der Waals surface area contributed by atoms with E-state index in [1.54, 1.807) is 6.07 Å². The monoisotopic (exact) mass is 376 g/mol. The smallest absolute Gasteiger partial charge is 0.330 e. The summed E-state index contributed by atoms with van der Waals surface area (Å²) >= 11 is 0. The summed E-state index contributed by atoms with van der Waals surface area (Å²) in [6, 6.07) is 18.1. The summed E-state index contributed by atoms with van der Waals surface area (Å²) < 4.78 is 19.7. The number of aliphatic hydroxyl groups is 1. The lowest BCUT2D eigenvalue weighted by Crippen LogP contribution is -2.02. The third-order valence-corrected chi connectivity index (χ3v) is 4.52. The number of rotatable bonds is 6. The second-order valence-corrected chi connectivity index (χ2v) is 6.52. The van der Waals surface area contributed by atoms with Crippen LogP contribution in [0.2, 0.25) is 0 Å². The van der Waals surface area contributed by atoms with E-state index in [1.165, 1.54) is 6.07 Å². The maximum atomic E-state index is 14.4. The predicted octanol–water partition coefficient (Wildman–Crippen LogP) is 5.19. The molecule has 0 aliphatic carbocycles. The lowest BCUT2D eigenvalue weighted by molar-refractivity contribution is -0.138. The SMILES string of the molecule is C=CC(=O)OCc1cc(-c2ccc(C)cc2F)ccc1-c1ccc(CO)cc1. The Morgan fingerprint density at radius 2 is 1.71 bits per heavy atom. The van der Waals surface area contributed by atoms with E-state index >= 15 is 0 Å². The molecule has 0 saturated heterocycles. The number of aryl methyl sites for hydroxylation is 1. The minimum atomic E-state index is -0.520. The summed E-state index contributed by atoms with van der Waals surface area (Å²) in [5.74, 6) is -0.817. The molecule has 0 amide bonds. The Balaban J connectivity index is 2.05. The van der Waals surface area contributed by atoms with Crippen molar-refractivity contribution in [1.82, 2.24) is 0 Å². The van der Waals surface area contributed by atoms with Crippen LogP contribution < -0.4 is 0 Å². The Labute approximate surface area is 163 Å². The van der Waals surface area contributed by atoms with Gasteiger partial charge in [-0.15, -0.1) is 0 Å². The van der Waals surface area contributed by atoms with E-state index in [2.05, 4.69) is 6.58 Å². The van der Waals surface area contributed by atoms with Crippen molar-refractivity contribution in [2.75, 3.05) is 0 Å². The van der Waals surface area contributed by atoms with Gasteiger partial charge in [0.25, 0.3) is 0 Å². The van der Waals surface area contributed by atoms with Gasteiger partial charge in [0.1, 0.15) is 12.4 Å². The minimum Gasteiger partial charge on any atom is -0.458 e. The fourth-order valence-corrected chi connectivity index (χ4v) is 3.01. The van der Waals surface area contributed by atoms with Gasteiger partial charge >= 0.3 is 5.97 Å². The van der Waals surface area contributed by atoms with E-state index in [-0.39, 0.29) is 19.0 Å². The first-order valence-corrected chi connectivity index (χ1v) is 8.90. The van der Waals surface area contributed by atoms with Crippen LogP contribution in [0.4, 0.5) is 4.39 Å². The van der Waals surface area contributed by atoms with E-state index in [0.29, 0.717) is 11.1 Å². The van der Waals surface area contributed by atoms with E-state index < -0.39 is 5.97 Å². The van der Waals surface area contributed by atoms with Gasteiger partial charge in [0.15, 0.2) is 0 Å². The first-order valence-electron chi connectivity index (χ1n) is 8.90. The van der Waals surface area contributed by atoms with Gasteiger partial charge in [0.05, 0.1) is 6.61 Å². The minimum absolute atomic E-state index is 0.0320. The highest BCUT2D eigenvalue weighted by molar-refractivity contribution is 5.81. The Morgan fingerprint density at radius 3 is 2.36 bits per heavy atom. The van der Waals surface area contributed by atoms with Gasteiger partial charge in [-0.2, -0.15) is 0 Å². The second-order valence-electron chi connectivity index (χ2n) is 6.52. The molecule has 3 rings (SSSR count). The Kier molecular flexibility index (Phi) is 6.02. The fraction of sp³-hybridized carbons (Fsp3) is 0.125. The summed E-state index contributed by atoms with van der Waals surface area (Å²) in [5.41, 5.74) is 5.39. The molecular formula is C24H21FO3. The molecule has 0 spiro atoms. The molecule has 0 aliphatic heterocycles. The van der Waals surface area contributed by atoms with Crippen LogP contribution in [0.25, 0.3) is 22.3 Å². The van der Waals surface area contributed by atoms with Crippen LogP contribution in [0, 0.1) is 12.7 Å². The van der Waals surface area contributed by atoms with E-state index in [1.807, 2.05) is 55.5 Å². The van der Waals surface area contributed by atoms with Crippen LogP contribution in [0.5, 0.6) is 0 Å². The molecule has 0 heterocycles. The van der Waals surface area contributed by atoms with Gasteiger partial charge in [-0.1, -0.05) is 55.1 Å². The number of ether oxygens (including phenoxy) is 1. The zero-order chi connectivity index (χ0) is 20.1. The van der Waals surface area contributed by atoms with Crippen molar-refractivity contribution in [3.63, 3.8) is 0 Å². The second kappa shape index (κ2) is 8.63. The van der Waals surface area contributed by atoms with Crippen LogP contribution in [0.3, 0.4) is 0 Å². The van der Waals surface area contributed by atoms with Crippen LogP contribution >= 0.6 is 0 Å². The molecule has 0 aromatic heterocycles. The Hall–Kier alpha value is -3.24. The summed E-state index contributed by atoms with van der Waals surface area (Å²) in [6.45, 7) is 5.26. The zero-order valence-corrected chi connectivity index (χ0v) is 15.6. The van der Waals surface area contributed by atoms with Crippen molar-refractivity contribution in [3.8, 4) is 22.3 Å². The molecule has 0 fully saturated rings. The van der Waals surface area contributed by atoms with E-state index in [4.69, 9.17) is 4.74 Å². The average Bonchev–Trinajstić information content (AvgIpc) is 2.72. The van der Waals surface area contributed by atoms with Gasteiger partial charge < -0.3 is 9.84 Å². The van der Waals surface area contributed by atoms with Gasteiger partial charge in [0.2, 0.25) is 0 Å². The topological polar surface area (TPSA) is 46.5 Å². The molecule has 3 nitrogen and oxygen atoms in total. The van der Waals surface area contributed by atoms with Gasteiger partial charge in [-0.05, 0) is 52.4 Å². The van der Waals surface area contributed by atoms with Crippen molar-refractivity contribution in [3.05, 3.63) is 95.8 Å². The maximum absolute atomic E-state index is 14.4. The van der Waals surface area contributed by atoms with Gasteiger partial charge in [-0.3, -0.25) is 0 Å². The molecule has 3 aromatic carbocycles. The lowest BCUT2D eigenvalue weighted by atomic mass is 9.94. The summed E-state index contributed by atoms with van der Waals surface area (Å²) in [6.07, 6.45) is 1.11. The number of aliphatic hydroxyl groups excluding tert-OH is 1. The summed E-state index contributed by atoms with van der Waals surface area (Å²) in [5, 5.41) is 9.23. The van der Waals surface area contributed by atoms with Gasteiger partial charge in [0, 0.05) is 11.6 Å². The fourth-order valence-electron chi connectivity index (χ4n) is 3.01. The van der Waals surface area contributed by atoms with Gasteiger partial charge in [-0.25, -0.2) is 9.18 Å². The van der Waals surface area contributed by atoms with E-state index in [0.717, 1.165) is 33.9 Å². The summed E-state index contributed by atoms with van der Waals surface area (Å²) in [7, 11) is 0. The van der Waals surface area contributed by atoms with Crippen molar-refractivity contribution in [1.29, 1.82) is 0 Å². The molecule has 0 aliphatic rings. The number of carbonyl (C=O) groups excluding carboxylic acids is 1. The molecule has 0 radical (unpaired) electrons. The third kappa shape index (κ3) is 4.35. The van der Waals surface area contributed by atoms with Crippen LogP contribution in [-0.2, 0) is 22.7 Å². The quantitative estimate of drug-likeness (QED) is 0.476. The normalized spacial score (nSPS) is 10.5. The number of benzene rings is 3. The molecule has 3 aromatic rings. The Morgan fingerprint density at radius 1 is 1.04 bits per heavy atom. The molecular weight excluding hydrogens is 355 g/mol. The molecule has 0 saturated carbocycles. The molecule has 0 bridgehead atoms. The van der Waals surface area contributed by atoms with Crippen molar-refractivity contribution in [2.24, 2.45) is 0 Å². The largest absolute Gasteiger partial charge is 0.458 e. The number of hydrogen-bond acceptors (Lipinski definition) is 3. The predicted molar refractivity (Wildman–Crippen MR) is 108 cm³/mol. The molecule has 4 heteroatoms. The van der Waals surface area contributed by atoms with Crippen LogP contribution in [0.1, 0.15) is 16.7 Å². The number of halogens is 1. The summed E-state index contributed by atoms with van der Waals surface area (Å²) in [4.78, 5) is 11.5. The first-order chi connectivity index (χ1) is 13.5. The average molecular weight is 376 g/mol. The molecule has 28 heavy (non-hydrogen) atoms. The number of carbonyl (C=O) groups is 1. The highest BCUT2D eigenvalue weighted by atomic mass is 19.1. The number of esters is 1. The van der Waals surface area contributed by atoms with Crippen LogP contribution in [-0.4, -0.2) is 11.1 Å². The first kappa shape index (κ1) is 19.5. The standard InChI is InChI=1S/C24H21FO3/c1-3-24(27)28-15-20-13-19(22-10-4-16(2)12-23(22)25)9-11-21(20)18-7-5-17(14-26)6-8-18/h3-13,26H,1,14-15H2,2H3. The molecule has 1 N–H and O–H groups in total.